The van der Waals surface area contributed by atoms with Crippen molar-refractivity contribution in [2.45, 2.75) is 52.6 Å². The molecule has 19 heavy (non-hydrogen) atoms. The van der Waals surface area contributed by atoms with Gasteiger partial charge in [0.15, 0.2) is 0 Å². The summed E-state index contributed by atoms with van der Waals surface area (Å²) in [4.78, 5) is 4.57. The van der Waals surface area contributed by atoms with E-state index in [-0.39, 0.29) is 5.54 Å². The zero-order chi connectivity index (χ0) is 14.3. The van der Waals surface area contributed by atoms with Crippen molar-refractivity contribution in [3.05, 3.63) is 36.2 Å². The minimum absolute atomic E-state index is 0.0749. The van der Waals surface area contributed by atoms with Gasteiger partial charge in [-0.2, -0.15) is 0 Å². The van der Waals surface area contributed by atoms with E-state index in [2.05, 4.69) is 37.7 Å². The standard InChI is InChI=1S/C16H26N2O/c1-6-7-8-11-19-15-10-9-13(2)18-14(15)12-17-16(3,4)5/h6,9-10,17H,1,7-8,11-12H2,2-5H3. The molecule has 0 unspecified atom stereocenters. The lowest BCUT2D eigenvalue weighted by Crippen LogP contribution is -2.35. The predicted molar refractivity (Wildman–Crippen MR) is 80.5 cm³/mol. The van der Waals surface area contributed by atoms with Gasteiger partial charge in [-0.1, -0.05) is 6.08 Å². The number of hydrogen-bond donors (Lipinski definition) is 1. The van der Waals surface area contributed by atoms with Crippen LogP contribution in [0.5, 0.6) is 5.75 Å². The van der Waals surface area contributed by atoms with Gasteiger partial charge in [-0.05, 0) is 52.7 Å². The summed E-state index contributed by atoms with van der Waals surface area (Å²) >= 11 is 0. The first-order valence-corrected chi connectivity index (χ1v) is 6.87. The predicted octanol–water partition coefficient (Wildman–Crippen LogP) is 3.62. The monoisotopic (exact) mass is 262 g/mol. The van der Waals surface area contributed by atoms with Crippen molar-refractivity contribution in [2.24, 2.45) is 0 Å². The van der Waals surface area contributed by atoms with Crippen LogP contribution in [0.4, 0.5) is 0 Å². The van der Waals surface area contributed by atoms with Gasteiger partial charge in [-0.25, -0.2) is 0 Å². The maximum absolute atomic E-state index is 5.81. The molecule has 1 aromatic rings. The van der Waals surface area contributed by atoms with Gasteiger partial charge in [0.25, 0.3) is 0 Å². The van der Waals surface area contributed by atoms with Gasteiger partial charge < -0.3 is 10.1 Å². The van der Waals surface area contributed by atoms with Crippen LogP contribution in [0.3, 0.4) is 0 Å². The number of ether oxygens (including phenoxy) is 1. The lowest BCUT2D eigenvalue weighted by molar-refractivity contribution is 0.304. The number of unbranched alkanes of at least 4 members (excludes halogenated alkanes) is 1. The number of aryl methyl sites for hydroxylation is 1. The molecule has 0 saturated carbocycles. The molecule has 0 fully saturated rings. The number of rotatable bonds is 7. The number of pyridine rings is 1. The van der Waals surface area contributed by atoms with Gasteiger partial charge in [0.1, 0.15) is 5.75 Å². The third-order valence-corrected chi connectivity index (χ3v) is 2.67. The Morgan fingerprint density at radius 2 is 2.11 bits per heavy atom. The van der Waals surface area contributed by atoms with Crippen LogP contribution in [0.2, 0.25) is 0 Å². The highest BCUT2D eigenvalue weighted by molar-refractivity contribution is 5.29. The largest absolute Gasteiger partial charge is 0.492 e. The fourth-order valence-corrected chi connectivity index (χ4v) is 1.61. The number of nitrogens with zero attached hydrogens (tertiary/aromatic N) is 1. The van der Waals surface area contributed by atoms with Crippen molar-refractivity contribution in [2.75, 3.05) is 6.61 Å². The quantitative estimate of drug-likeness (QED) is 0.602. The number of nitrogens with one attached hydrogen (secondary N) is 1. The molecule has 0 aliphatic rings. The zero-order valence-corrected chi connectivity index (χ0v) is 12.6. The molecule has 0 radical (unpaired) electrons. The van der Waals surface area contributed by atoms with Gasteiger partial charge >= 0.3 is 0 Å². The molecule has 0 atom stereocenters. The van der Waals surface area contributed by atoms with Crippen LogP contribution in [0.25, 0.3) is 0 Å². The Kier molecular flexibility index (Phi) is 6.03. The third kappa shape index (κ3) is 6.39. The molecule has 0 aliphatic heterocycles. The number of aromatic nitrogens is 1. The van der Waals surface area contributed by atoms with Crippen molar-refractivity contribution in [3.8, 4) is 5.75 Å². The van der Waals surface area contributed by atoms with Crippen LogP contribution in [0.15, 0.2) is 24.8 Å². The topological polar surface area (TPSA) is 34.1 Å². The minimum Gasteiger partial charge on any atom is -0.492 e. The first-order valence-electron chi connectivity index (χ1n) is 6.87. The van der Waals surface area contributed by atoms with Crippen LogP contribution in [0.1, 0.15) is 45.0 Å². The Balaban J connectivity index is 2.65. The lowest BCUT2D eigenvalue weighted by Gasteiger charge is -2.21. The Labute approximate surface area is 117 Å². The average Bonchev–Trinajstić information content (AvgIpc) is 2.33. The summed E-state index contributed by atoms with van der Waals surface area (Å²) in [5, 5.41) is 3.45. The van der Waals surface area contributed by atoms with E-state index < -0.39 is 0 Å². The molecule has 3 nitrogen and oxygen atoms in total. The van der Waals surface area contributed by atoms with Crippen LogP contribution in [-0.2, 0) is 6.54 Å². The molecule has 0 amide bonds. The maximum atomic E-state index is 5.81. The van der Waals surface area contributed by atoms with Crippen LogP contribution < -0.4 is 10.1 Å². The summed E-state index contributed by atoms with van der Waals surface area (Å²) in [6, 6.07) is 4.00. The molecular formula is C16H26N2O. The van der Waals surface area contributed by atoms with E-state index in [4.69, 9.17) is 4.74 Å². The zero-order valence-electron chi connectivity index (χ0n) is 12.6. The average molecular weight is 262 g/mol. The van der Waals surface area contributed by atoms with E-state index in [0.29, 0.717) is 6.61 Å². The number of allylic oxidation sites excluding steroid dienone is 1. The van der Waals surface area contributed by atoms with Crippen LogP contribution in [0, 0.1) is 6.92 Å². The summed E-state index contributed by atoms with van der Waals surface area (Å²) in [6.07, 6.45) is 3.89. The summed E-state index contributed by atoms with van der Waals surface area (Å²) in [5.74, 6) is 0.881. The van der Waals surface area contributed by atoms with Crippen molar-refractivity contribution in [1.82, 2.24) is 10.3 Å². The van der Waals surface area contributed by atoms with Crippen LogP contribution >= 0.6 is 0 Å². The van der Waals surface area contributed by atoms with Crippen LogP contribution in [-0.4, -0.2) is 17.1 Å². The highest BCUT2D eigenvalue weighted by Gasteiger charge is 2.12. The molecule has 0 aromatic carbocycles. The molecule has 0 spiro atoms. The van der Waals surface area contributed by atoms with E-state index in [1.165, 1.54) is 0 Å². The van der Waals surface area contributed by atoms with Gasteiger partial charge in [0.2, 0.25) is 0 Å². The summed E-state index contributed by atoms with van der Waals surface area (Å²) in [5.41, 5.74) is 2.07. The van der Waals surface area contributed by atoms with Gasteiger partial charge in [0.05, 0.1) is 12.3 Å². The van der Waals surface area contributed by atoms with E-state index >= 15 is 0 Å². The Morgan fingerprint density at radius 3 is 2.74 bits per heavy atom. The summed E-state index contributed by atoms with van der Waals surface area (Å²) in [6.45, 7) is 13.6. The SMILES string of the molecule is C=CCCCOc1ccc(C)nc1CNC(C)(C)C. The molecule has 0 saturated heterocycles. The molecular weight excluding hydrogens is 236 g/mol. The van der Waals surface area contributed by atoms with Crippen molar-refractivity contribution < 1.29 is 4.74 Å². The Hall–Kier alpha value is -1.35. The first-order chi connectivity index (χ1) is 8.92. The van der Waals surface area contributed by atoms with E-state index in [1.54, 1.807) is 0 Å². The van der Waals surface area contributed by atoms with Crippen molar-refractivity contribution in [1.29, 1.82) is 0 Å². The molecule has 1 rings (SSSR count). The van der Waals surface area contributed by atoms with E-state index in [1.807, 2.05) is 25.1 Å². The first kappa shape index (κ1) is 15.7. The second kappa shape index (κ2) is 7.29. The molecule has 106 valence electrons. The molecule has 0 aliphatic carbocycles. The second-order valence-electron chi connectivity index (χ2n) is 5.78. The summed E-state index contributed by atoms with van der Waals surface area (Å²) in [7, 11) is 0. The normalized spacial score (nSPS) is 11.4. The molecule has 1 heterocycles. The van der Waals surface area contributed by atoms with Crippen molar-refractivity contribution in [3.63, 3.8) is 0 Å². The molecule has 1 aromatic heterocycles. The Bertz CT molecular complexity index is 408. The third-order valence-electron chi connectivity index (χ3n) is 2.67. The smallest absolute Gasteiger partial charge is 0.142 e. The Morgan fingerprint density at radius 1 is 1.37 bits per heavy atom. The van der Waals surface area contributed by atoms with Gasteiger partial charge in [-0.3, -0.25) is 4.98 Å². The highest BCUT2D eigenvalue weighted by atomic mass is 16.5. The fourth-order valence-electron chi connectivity index (χ4n) is 1.61. The molecule has 3 heteroatoms. The minimum atomic E-state index is 0.0749. The number of hydrogen-bond acceptors (Lipinski definition) is 3. The van der Waals surface area contributed by atoms with Crippen molar-refractivity contribution >= 4 is 0 Å². The fraction of sp³-hybridized carbons (Fsp3) is 0.562. The molecule has 0 bridgehead atoms. The van der Waals surface area contributed by atoms with Gasteiger partial charge in [-0.15, -0.1) is 6.58 Å². The summed E-state index contributed by atoms with van der Waals surface area (Å²) < 4.78 is 5.81. The molecule has 1 N–H and O–H groups in total. The maximum Gasteiger partial charge on any atom is 0.142 e. The van der Waals surface area contributed by atoms with Gasteiger partial charge in [0, 0.05) is 17.8 Å². The van der Waals surface area contributed by atoms with E-state index in [0.717, 1.165) is 36.5 Å². The van der Waals surface area contributed by atoms with E-state index in [9.17, 15) is 0 Å². The second-order valence-corrected chi connectivity index (χ2v) is 5.78. The highest BCUT2D eigenvalue weighted by Crippen LogP contribution is 2.18. The lowest BCUT2D eigenvalue weighted by atomic mass is 10.1.